The van der Waals surface area contributed by atoms with Gasteiger partial charge in [0.25, 0.3) is 0 Å². The zero-order valence-electron chi connectivity index (χ0n) is 10.7. The third-order valence-electron chi connectivity index (χ3n) is 3.51. The average Bonchev–Trinajstić information content (AvgIpc) is 2.77. The second-order valence-corrected chi connectivity index (χ2v) is 5.21. The van der Waals surface area contributed by atoms with Crippen molar-refractivity contribution in [2.45, 2.75) is 19.4 Å². The molecule has 1 atom stereocenters. The van der Waals surface area contributed by atoms with Crippen molar-refractivity contribution in [3.05, 3.63) is 29.6 Å². The first-order chi connectivity index (χ1) is 8.72. The number of methoxy groups -OCH3 is 1. The van der Waals surface area contributed by atoms with Gasteiger partial charge in [-0.2, -0.15) is 0 Å². The van der Waals surface area contributed by atoms with Crippen LogP contribution in [0.2, 0.25) is 0 Å². The lowest BCUT2D eigenvalue weighted by Gasteiger charge is -2.16. The minimum absolute atomic E-state index is 0.286. The number of hydrogen-bond acceptors (Lipinski definition) is 2. The van der Waals surface area contributed by atoms with Crippen LogP contribution >= 0.6 is 11.6 Å². The maximum Gasteiger partial charge on any atom is 0.165 e. The van der Waals surface area contributed by atoms with Gasteiger partial charge in [-0.3, -0.25) is 4.90 Å². The summed E-state index contributed by atoms with van der Waals surface area (Å²) in [7, 11) is 1.48. The van der Waals surface area contributed by atoms with E-state index in [9.17, 15) is 4.39 Å². The molecule has 1 saturated heterocycles. The second-order valence-electron chi connectivity index (χ2n) is 4.84. The molecule has 1 aliphatic heterocycles. The van der Waals surface area contributed by atoms with Crippen LogP contribution in [0.4, 0.5) is 4.39 Å². The number of ether oxygens (including phenoxy) is 1. The highest BCUT2D eigenvalue weighted by Gasteiger charge is 2.21. The summed E-state index contributed by atoms with van der Waals surface area (Å²) in [5, 5.41) is 0. The van der Waals surface area contributed by atoms with E-state index < -0.39 is 0 Å². The van der Waals surface area contributed by atoms with E-state index in [1.54, 1.807) is 12.1 Å². The van der Waals surface area contributed by atoms with Crippen LogP contribution in [-0.4, -0.2) is 31.0 Å². The largest absolute Gasteiger partial charge is 0.494 e. The van der Waals surface area contributed by atoms with Crippen LogP contribution in [0, 0.1) is 11.7 Å². The normalized spacial score (nSPS) is 20.3. The molecule has 1 aromatic rings. The van der Waals surface area contributed by atoms with Gasteiger partial charge in [-0.1, -0.05) is 6.07 Å². The lowest BCUT2D eigenvalue weighted by molar-refractivity contribution is 0.314. The monoisotopic (exact) mass is 271 g/mol. The molecule has 0 radical (unpaired) electrons. The quantitative estimate of drug-likeness (QED) is 0.762. The van der Waals surface area contributed by atoms with Crippen molar-refractivity contribution in [1.29, 1.82) is 0 Å². The maximum absolute atomic E-state index is 13.6. The molecule has 100 valence electrons. The summed E-state index contributed by atoms with van der Waals surface area (Å²) >= 11 is 5.76. The summed E-state index contributed by atoms with van der Waals surface area (Å²) in [6.07, 6.45) is 2.28. The molecule has 2 rings (SSSR count). The fourth-order valence-electron chi connectivity index (χ4n) is 2.51. The fourth-order valence-corrected chi connectivity index (χ4v) is 2.82. The Balaban J connectivity index is 1.92. The van der Waals surface area contributed by atoms with Crippen molar-refractivity contribution in [3.63, 3.8) is 0 Å². The summed E-state index contributed by atoms with van der Waals surface area (Å²) in [6.45, 7) is 2.95. The number of rotatable bonds is 5. The Morgan fingerprint density at radius 1 is 1.50 bits per heavy atom. The van der Waals surface area contributed by atoms with Crippen LogP contribution in [0.5, 0.6) is 5.75 Å². The Morgan fingerprint density at radius 3 is 3.00 bits per heavy atom. The lowest BCUT2D eigenvalue weighted by Crippen LogP contribution is -2.20. The summed E-state index contributed by atoms with van der Waals surface area (Å²) < 4.78 is 18.5. The molecule has 0 aliphatic carbocycles. The molecule has 0 saturated carbocycles. The van der Waals surface area contributed by atoms with E-state index in [0.29, 0.717) is 11.7 Å². The molecule has 1 heterocycles. The van der Waals surface area contributed by atoms with Crippen LogP contribution in [0.1, 0.15) is 18.4 Å². The molecule has 1 aliphatic rings. The Morgan fingerprint density at radius 2 is 2.33 bits per heavy atom. The highest BCUT2D eigenvalue weighted by atomic mass is 35.5. The van der Waals surface area contributed by atoms with Gasteiger partial charge in [0, 0.05) is 19.0 Å². The molecule has 18 heavy (non-hydrogen) atoms. The number of likely N-dealkylation sites (tertiary alicyclic amines) is 1. The number of alkyl halides is 1. The van der Waals surface area contributed by atoms with E-state index in [1.165, 1.54) is 13.5 Å². The third-order valence-corrected chi connectivity index (χ3v) is 3.73. The van der Waals surface area contributed by atoms with Gasteiger partial charge in [-0.25, -0.2) is 4.39 Å². The maximum atomic E-state index is 13.6. The van der Waals surface area contributed by atoms with Gasteiger partial charge >= 0.3 is 0 Å². The lowest BCUT2D eigenvalue weighted by atomic mass is 10.1. The van der Waals surface area contributed by atoms with E-state index in [2.05, 4.69) is 4.90 Å². The molecule has 0 N–H and O–H groups in total. The molecule has 1 unspecified atom stereocenters. The number of benzene rings is 1. The predicted octanol–water partition coefficient (Wildman–Crippen LogP) is 3.29. The van der Waals surface area contributed by atoms with Gasteiger partial charge in [0.15, 0.2) is 11.6 Å². The highest BCUT2D eigenvalue weighted by Crippen LogP contribution is 2.23. The molecule has 2 nitrogen and oxygen atoms in total. The van der Waals surface area contributed by atoms with Gasteiger partial charge in [-0.15, -0.1) is 11.6 Å². The van der Waals surface area contributed by atoms with Gasteiger partial charge < -0.3 is 4.74 Å². The Hall–Kier alpha value is -0.800. The summed E-state index contributed by atoms with van der Waals surface area (Å²) in [6, 6.07) is 5.18. The molecule has 0 bridgehead atoms. The number of nitrogens with zero attached hydrogens (tertiary/aromatic N) is 1. The standard InChI is InChI=1S/C14H19ClFNO/c1-18-14-3-2-12(8-13(14)16)10-17-7-5-11(9-17)4-6-15/h2-3,8,11H,4-7,9-10H2,1H3. The zero-order chi connectivity index (χ0) is 13.0. The average molecular weight is 272 g/mol. The second kappa shape index (κ2) is 6.39. The highest BCUT2D eigenvalue weighted by molar-refractivity contribution is 6.17. The van der Waals surface area contributed by atoms with E-state index in [0.717, 1.165) is 37.5 Å². The van der Waals surface area contributed by atoms with Crippen molar-refractivity contribution in [2.24, 2.45) is 5.92 Å². The molecular weight excluding hydrogens is 253 g/mol. The minimum atomic E-state index is -0.286. The van der Waals surface area contributed by atoms with Crippen molar-refractivity contribution in [2.75, 3.05) is 26.1 Å². The van der Waals surface area contributed by atoms with Crippen molar-refractivity contribution < 1.29 is 9.13 Å². The zero-order valence-corrected chi connectivity index (χ0v) is 11.4. The smallest absolute Gasteiger partial charge is 0.165 e. The number of hydrogen-bond donors (Lipinski definition) is 0. The topological polar surface area (TPSA) is 12.5 Å². The van der Waals surface area contributed by atoms with Crippen LogP contribution in [-0.2, 0) is 6.54 Å². The summed E-state index contributed by atoms with van der Waals surface area (Å²) in [5.41, 5.74) is 1.000. The van der Waals surface area contributed by atoms with Gasteiger partial charge in [-0.05, 0) is 43.0 Å². The molecule has 1 aromatic carbocycles. The third kappa shape index (κ3) is 3.36. The molecule has 1 fully saturated rings. The van der Waals surface area contributed by atoms with Gasteiger partial charge in [0.1, 0.15) is 0 Å². The van der Waals surface area contributed by atoms with E-state index >= 15 is 0 Å². The van der Waals surface area contributed by atoms with Crippen molar-refractivity contribution >= 4 is 11.6 Å². The SMILES string of the molecule is COc1ccc(CN2CCC(CCCl)C2)cc1F. The van der Waals surface area contributed by atoms with E-state index in [4.69, 9.17) is 16.3 Å². The van der Waals surface area contributed by atoms with Crippen LogP contribution in [0.15, 0.2) is 18.2 Å². The first kappa shape index (κ1) is 13.6. The van der Waals surface area contributed by atoms with E-state index in [1.807, 2.05) is 6.07 Å². The van der Waals surface area contributed by atoms with Gasteiger partial charge in [0.05, 0.1) is 7.11 Å². The Bertz CT molecular complexity index is 399. The molecule has 0 spiro atoms. The fraction of sp³-hybridized carbons (Fsp3) is 0.571. The Labute approximate surface area is 113 Å². The molecular formula is C14H19ClFNO. The van der Waals surface area contributed by atoms with Crippen LogP contribution < -0.4 is 4.74 Å². The molecule has 0 aromatic heterocycles. The Kier molecular flexibility index (Phi) is 4.84. The van der Waals surface area contributed by atoms with Crippen LogP contribution in [0.3, 0.4) is 0 Å². The van der Waals surface area contributed by atoms with E-state index in [-0.39, 0.29) is 5.82 Å². The molecule has 0 amide bonds. The summed E-state index contributed by atoms with van der Waals surface area (Å²) in [4.78, 5) is 2.36. The van der Waals surface area contributed by atoms with Crippen molar-refractivity contribution in [3.8, 4) is 5.75 Å². The first-order valence-electron chi connectivity index (χ1n) is 6.33. The van der Waals surface area contributed by atoms with Gasteiger partial charge in [0.2, 0.25) is 0 Å². The van der Waals surface area contributed by atoms with Crippen molar-refractivity contribution in [1.82, 2.24) is 4.90 Å². The van der Waals surface area contributed by atoms with Crippen LogP contribution in [0.25, 0.3) is 0 Å². The number of halogens is 2. The first-order valence-corrected chi connectivity index (χ1v) is 6.87. The molecule has 4 heteroatoms. The predicted molar refractivity (Wildman–Crippen MR) is 71.7 cm³/mol. The summed E-state index contributed by atoms with van der Waals surface area (Å²) in [5.74, 6) is 1.45. The minimum Gasteiger partial charge on any atom is -0.494 e.